The van der Waals surface area contributed by atoms with E-state index >= 15 is 0 Å². The number of anilines is 2. The summed E-state index contributed by atoms with van der Waals surface area (Å²) >= 11 is 0. The Morgan fingerprint density at radius 2 is 1.88 bits per heavy atom. The van der Waals surface area contributed by atoms with Gasteiger partial charge in [-0.3, -0.25) is 9.10 Å². The molecule has 0 unspecified atom stereocenters. The molecular weight excluding hydrogens is 338 g/mol. The number of carbonyl (C=O) groups excluding carboxylic acids is 1. The zero-order valence-corrected chi connectivity index (χ0v) is 13.5. The Morgan fingerprint density at radius 3 is 2.58 bits per heavy atom. The van der Waals surface area contributed by atoms with Gasteiger partial charge in [-0.1, -0.05) is 12.1 Å². The Hall–Kier alpha value is -2.48. The fraction of sp³-hybridized carbons (Fsp3) is 0.188. The van der Waals surface area contributed by atoms with Gasteiger partial charge < -0.3 is 5.32 Å². The molecule has 2 aromatic rings. The minimum absolute atomic E-state index is 0.0866. The van der Waals surface area contributed by atoms with Crippen molar-refractivity contribution in [3.8, 4) is 0 Å². The second-order valence-electron chi connectivity index (χ2n) is 5.49. The summed E-state index contributed by atoms with van der Waals surface area (Å²) in [4.78, 5) is 11.3. The van der Waals surface area contributed by atoms with Crippen molar-refractivity contribution in [1.29, 1.82) is 0 Å². The van der Waals surface area contributed by atoms with E-state index in [1.807, 2.05) is 0 Å². The number of carbonyl (C=O) groups is 1. The van der Waals surface area contributed by atoms with Gasteiger partial charge in [-0.05, 0) is 31.2 Å². The first-order chi connectivity index (χ1) is 11.3. The fourth-order valence-electron chi connectivity index (χ4n) is 2.72. The van der Waals surface area contributed by atoms with Gasteiger partial charge in [0, 0.05) is 12.5 Å². The molecule has 5 nitrogen and oxygen atoms in total. The van der Waals surface area contributed by atoms with E-state index in [0.29, 0.717) is 11.8 Å². The normalized spacial score (nSPS) is 17.9. The molecule has 0 saturated carbocycles. The van der Waals surface area contributed by atoms with Crippen LogP contribution in [0, 0.1) is 11.6 Å². The van der Waals surface area contributed by atoms with Crippen LogP contribution < -0.4 is 9.62 Å². The minimum Gasteiger partial charge on any atom is -0.324 e. The summed E-state index contributed by atoms with van der Waals surface area (Å²) in [6, 6.07) is 7.91. The third kappa shape index (κ3) is 2.73. The van der Waals surface area contributed by atoms with E-state index in [1.54, 1.807) is 25.1 Å². The molecule has 1 N–H and O–H groups in total. The largest absolute Gasteiger partial charge is 0.324 e. The van der Waals surface area contributed by atoms with Gasteiger partial charge in [0.05, 0.1) is 17.4 Å². The molecule has 0 spiro atoms. The van der Waals surface area contributed by atoms with Crippen molar-refractivity contribution < 1.29 is 22.0 Å². The lowest BCUT2D eigenvalue weighted by atomic mass is 10.2. The van der Waals surface area contributed by atoms with E-state index in [4.69, 9.17) is 0 Å². The number of fused-ring (bicyclic) bond motifs is 1. The van der Waals surface area contributed by atoms with Crippen molar-refractivity contribution in [2.24, 2.45) is 0 Å². The molecule has 2 aromatic carbocycles. The average molecular weight is 352 g/mol. The first-order valence-electron chi connectivity index (χ1n) is 7.19. The predicted octanol–water partition coefficient (Wildman–Crippen LogP) is 2.89. The van der Waals surface area contributed by atoms with Gasteiger partial charge in [0.25, 0.3) is 10.0 Å². The van der Waals surface area contributed by atoms with E-state index in [-0.39, 0.29) is 18.0 Å². The second-order valence-corrected chi connectivity index (χ2v) is 7.28. The summed E-state index contributed by atoms with van der Waals surface area (Å²) in [7, 11) is -4.32. The Balaban J connectivity index is 2.20. The summed E-state index contributed by atoms with van der Waals surface area (Å²) in [5.74, 6) is -2.39. The first-order valence-corrected chi connectivity index (χ1v) is 8.63. The van der Waals surface area contributed by atoms with Crippen molar-refractivity contribution in [2.45, 2.75) is 24.3 Å². The van der Waals surface area contributed by atoms with Gasteiger partial charge in [-0.15, -0.1) is 0 Å². The Morgan fingerprint density at radius 1 is 1.17 bits per heavy atom. The number of sulfonamides is 1. The molecule has 1 aliphatic rings. The highest BCUT2D eigenvalue weighted by Crippen LogP contribution is 2.36. The smallest absolute Gasteiger partial charge is 0.267 e. The van der Waals surface area contributed by atoms with Crippen LogP contribution in [0.5, 0.6) is 0 Å². The molecule has 3 rings (SSSR count). The van der Waals surface area contributed by atoms with Crippen molar-refractivity contribution >= 4 is 27.3 Å². The van der Waals surface area contributed by atoms with E-state index in [0.717, 1.165) is 16.4 Å². The van der Waals surface area contributed by atoms with E-state index < -0.39 is 32.6 Å². The molecule has 1 atom stereocenters. The summed E-state index contributed by atoms with van der Waals surface area (Å²) in [5, 5.41) is 2.63. The van der Waals surface area contributed by atoms with Gasteiger partial charge in [-0.2, -0.15) is 0 Å². The monoisotopic (exact) mass is 352 g/mol. The molecule has 1 amide bonds. The minimum atomic E-state index is -4.32. The number of nitrogens with one attached hydrogen (secondary N) is 1. The lowest BCUT2D eigenvalue weighted by Crippen LogP contribution is -2.39. The van der Waals surface area contributed by atoms with Gasteiger partial charge in [-0.25, -0.2) is 17.2 Å². The number of benzene rings is 2. The first kappa shape index (κ1) is 16.4. The number of hydrogen-bond acceptors (Lipinski definition) is 3. The summed E-state index contributed by atoms with van der Waals surface area (Å²) < 4.78 is 54.1. The molecule has 0 radical (unpaired) electrons. The van der Waals surface area contributed by atoms with Crippen LogP contribution in [0.15, 0.2) is 47.4 Å². The SMILES string of the molecule is C[C@H]1CC(=O)Nc2ccccc2N1S(=O)(=O)c1ccc(F)cc1F. The van der Waals surface area contributed by atoms with Crippen LogP contribution in [0.25, 0.3) is 0 Å². The van der Waals surface area contributed by atoms with E-state index in [2.05, 4.69) is 5.32 Å². The highest BCUT2D eigenvalue weighted by molar-refractivity contribution is 7.92. The summed E-state index contributed by atoms with van der Waals surface area (Å²) in [6.07, 6.45) is -0.0866. The molecule has 0 saturated heterocycles. The van der Waals surface area contributed by atoms with Crippen LogP contribution in [0.3, 0.4) is 0 Å². The van der Waals surface area contributed by atoms with Crippen LogP contribution >= 0.6 is 0 Å². The molecular formula is C16H14F2N2O3S. The number of hydrogen-bond donors (Lipinski definition) is 1. The quantitative estimate of drug-likeness (QED) is 0.904. The number of nitrogens with zero attached hydrogens (tertiary/aromatic N) is 1. The van der Waals surface area contributed by atoms with Crippen LogP contribution in [0.1, 0.15) is 13.3 Å². The van der Waals surface area contributed by atoms with Crippen molar-refractivity contribution in [3.63, 3.8) is 0 Å². The van der Waals surface area contributed by atoms with Gasteiger partial charge in [0.1, 0.15) is 16.5 Å². The lowest BCUT2D eigenvalue weighted by molar-refractivity contribution is -0.116. The zero-order valence-electron chi connectivity index (χ0n) is 12.7. The molecule has 8 heteroatoms. The topological polar surface area (TPSA) is 66.5 Å². The Kier molecular flexibility index (Phi) is 4.00. The van der Waals surface area contributed by atoms with Crippen molar-refractivity contribution in [3.05, 3.63) is 54.1 Å². The van der Waals surface area contributed by atoms with Gasteiger partial charge >= 0.3 is 0 Å². The van der Waals surface area contributed by atoms with Crippen molar-refractivity contribution in [2.75, 3.05) is 9.62 Å². The lowest BCUT2D eigenvalue weighted by Gasteiger charge is -2.29. The standard InChI is InChI=1S/C16H14F2N2O3S/c1-10-8-16(21)19-13-4-2-3-5-14(13)20(10)24(22,23)15-7-6-11(17)9-12(15)18/h2-7,9-10H,8H2,1H3,(H,19,21)/t10-/m0/s1. The average Bonchev–Trinajstić information content (AvgIpc) is 2.61. The maximum absolute atomic E-state index is 14.1. The third-order valence-electron chi connectivity index (χ3n) is 3.73. The predicted molar refractivity (Wildman–Crippen MR) is 85.2 cm³/mol. The third-order valence-corrected chi connectivity index (χ3v) is 5.69. The molecule has 0 bridgehead atoms. The van der Waals surface area contributed by atoms with Gasteiger partial charge in [0.15, 0.2) is 0 Å². The molecule has 0 aromatic heterocycles. The number of para-hydroxylation sites is 2. The highest BCUT2D eigenvalue weighted by Gasteiger charge is 2.36. The maximum Gasteiger partial charge on any atom is 0.267 e. The van der Waals surface area contributed by atoms with Crippen LogP contribution in [0.4, 0.5) is 20.2 Å². The molecule has 0 aliphatic carbocycles. The highest BCUT2D eigenvalue weighted by atomic mass is 32.2. The number of halogens is 2. The van der Waals surface area contributed by atoms with Crippen LogP contribution in [-0.2, 0) is 14.8 Å². The second kappa shape index (κ2) is 5.86. The fourth-order valence-corrected chi connectivity index (χ4v) is 4.44. The van der Waals surface area contributed by atoms with E-state index in [1.165, 1.54) is 6.07 Å². The van der Waals surface area contributed by atoms with Crippen LogP contribution in [0.2, 0.25) is 0 Å². The molecule has 24 heavy (non-hydrogen) atoms. The van der Waals surface area contributed by atoms with E-state index in [9.17, 15) is 22.0 Å². The molecule has 1 aliphatic heterocycles. The number of amides is 1. The Labute approximate surface area is 138 Å². The molecule has 126 valence electrons. The molecule has 1 heterocycles. The van der Waals surface area contributed by atoms with Gasteiger partial charge in [0.2, 0.25) is 5.91 Å². The molecule has 0 fully saturated rings. The maximum atomic E-state index is 14.1. The summed E-state index contributed by atoms with van der Waals surface area (Å²) in [6.45, 7) is 1.56. The summed E-state index contributed by atoms with van der Waals surface area (Å²) in [5.41, 5.74) is 0.553. The Bertz CT molecular complexity index is 915. The van der Waals surface area contributed by atoms with Crippen molar-refractivity contribution in [1.82, 2.24) is 0 Å². The van der Waals surface area contributed by atoms with Crippen LogP contribution in [-0.4, -0.2) is 20.4 Å². The zero-order chi connectivity index (χ0) is 17.5. The number of rotatable bonds is 2.